The summed E-state index contributed by atoms with van der Waals surface area (Å²) in [6.07, 6.45) is 6.62. The van der Waals surface area contributed by atoms with Gasteiger partial charge in [-0.2, -0.15) is 0 Å². The highest BCUT2D eigenvalue weighted by Gasteiger charge is 2.27. The largest absolute Gasteiger partial charge is 0.494 e. The number of carbonyl (C=O) groups is 1. The van der Waals surface area contributed by atoms with Crippen LogP contribution < -0.4 is 4.74 Å². The maximum atomic E-state index is 13.3. The quantitative estimate of drug-likeness (QED) is 0.304. The van der Waals surface area contributed by atoms with E-state index in [9.17, 15) is 4.79 Å². The highest BCUT2D eigenvalue weighted by Crippen LogP contribution is 2.34. The van der Waals surface area contributed by atoms with Gasteiger partial charge in [-0.15, -0.1) is 10.2 Å². The molecule has 0 bridgehead atoms. The molecule has 2 heterocycles. The van der Waals surface area contributed by atoms with Crippen LogP contribution in [-0.2, 0) is 11.2 Å². The van der Waals surface area contributed by atoms with Crippen LogP contribution >= 0.6 is 11.8 Å². The van der Waals surface area contributed by atoms with Gasteiger partial charge in [-0.1, -0.05) is 36.0 Å². The molecule has 2 aromatic carbocycles. The fourth-order valence-corrected chi connectivity index (χ4v) is 5.55. The molecule has 0 N–H and O–H groups in total. The van der Waals surface area contributed by atoms with Crippen molar-refractivity contribution in [3.05, 3.63) is 84.2 Å². The Morgan fingerprint density at radius 1 is 1.08 bits per heavy atom. The summed E-state index contributed by atoms with van der Waals surface area (Å²) in [5, 5.41) is 9.60. The summed E-state index contributed by atoms with van der Waals surface area (Å²) >= 11 is 1.40. The summed E-state index contributed by atoms with van der Waals surface area (Å²) in [5.74, 6) is 1.86. The van der Waals surface area contributed by atoms with Crippen molar-refractivity contribution in [3.63, 3.8) is 0 Å². The minimum absolute atomic E-state index is 0.0772. The Morgan fingerprint density at radius 2 is 1.86 bits per heavy atom. The van der Waals surface area contributed by atoms with Gasteiger partial charge < -0.3 is 9.64 Å². The molecule has 1 atom stereocenters. The highest BCUT2D eigenvalue weighted by atomic mass is 32.2. The minimum Gasteiger partial charge on any atom is -0.494 e. The van der Waals surface area contributed by atoms with E-state index in [2.05, 4.69) is 39.4 Å². The average Bonchev–Trinajstić information content (AvgIpc) is 3.36. The van der Waals surface area contributed by atoms with Gasteiger partial charge >= 0.3 is 0 Å². The van der Waals surface area contributed by atoms with E-state index in [0.29, 0.717) is 17.6 Å². The Balaban J connectivity index is 1.39. The van der Waals surface area contributed by atoms with Gasteiger partial charge in [0.1, 0.15) is 5.75 Å². The summed E-state index contributed by atoms with van der Waals surface area (Å²) in [7, 11) is 1.91. The number of thioether (sulfide) groups is 1. The number of fused-ring (bicyclic) bond motifs is 1. The summed E-state index contributed by atoms with van der Waals surface area (Å²) in [6.45, 7) is 2.57. The van der Waals surface area contributed by atoms with Crippen molar-refractivity contribution in [1.82, 2.24) is 24.6 Å². The van der Waals surface area contributed by atoms with Crippen molar-refractivity contribution in [3.8, 4) is 22.8 Å². The molecule has 0 saturated carbocycles. The third-order valence-electron chi connectivity index (χ3n) is 6.50. The molecule has 36 heavy (non-hydrogen) atoms. The monoisotopic (exact) mass is 499 g/mol. The minimum atomic E-state index is 0.0772. The molecule has 0 aliphatic heterocycles. The molecule has 0 saturated heterocycles. The third-order valence-corrected chi connectivity index (χ3v) is 7.41. The molecule has 1 aliphatic rings. The molecule has 0 radical (unpaired) electrons. The standard InChI is InChI=1S/C28H29N5O2S/c1-3-35-23-13-11-22(12-14-23)33-27(21-15-17-29-18-16-21)30-31-28(33)36-19-26(34)32(2)25-10-6-8-20-7-4-5-9-24(20)25/h4-5,7,9,11-18,25H,3,6,8,10,19H2,1-2H3. The molecular weight excluding hydrogens is 470 g/mol. The van der Waals surface area contributed by atoms with Gasteiger partial charge in [0.2, 0.25) is 5.91 Å². The lowest BCUT2D eigenvalue weighted by Crippen LogP contribution is -2.34. The smallest absolute Gasteiger partial charge is 0.233 e. The maximum Gasteiger partial charge on any atom is 0.233 e. The Hall–Kier alpha value is -3.65. The lowest BCUT2D eigenvalue weighted by atomic mass is 9.87. The fourth-order valence-electron chi connectivity index (χ4n) is 4.67. The van der Waals surface area contributed by atoms with Gasteiger partial charge in [-0.3, -0.25) is 14.3 Å². The van der Waals surface area contributed by atoms with Gasteiger partial charge in [0, 0.05) is 30.7 Å². The molecule has 2 aromatic heterocycles. The van der Waals surface area contributed by atoms with Crippen molar-refractivity contribution < 1.29 is 9.53 Å². The van der Waals surface area contributed by atoms with Crippen LogP contribution in [-0.4, -0.2) is 50.0 Å². The number of amides is 1. The van der Waals surface area contributed by atoms with Crippen molar-refractivity contribution in [2.24, 2.45) is 0 Å². The lowest BCUT2D eigenvalue weighted by molar-refractivity contribution is -0.129. The summed E-state index contributed by atoms with van der Waals surface area (Å²) in [6, 6.07) is 20.2. The predicted molar refractivity (Wildman–Crippen MR) is 141 cm³/mol. The summed E-state index contributed by atoms with van der Waals surface area (Å²) in [4.78, 5) is 19.3. The zero-order valence-corrected chi connectivity index (χ0v) is 21.3. The van der Waals surface area contributed by atoms with Crippen LogP contribution in [0.5, 0.6) is 5.75 Å². The Kier molecular flexibility index (Phi) is 7.32. The van der Waals surface area contributed by atoms with Crippen molar-refractivity contribution in [2.45, 2.75) is 37.4 Å². The van der Waals surface area contributed by atoms with E-state index in [1.165, 1.54) is 22.9 Å². The van der Waals surface area contributed by atoms with Crippen LogP contribution in [0, 0.1) is 0 Å². The fraction of sp³-hybridized carbons (Fsp3) is 0.286. The van der Waals surface area contributed by atoms with Gasteiger partial charge in [0.05, 0.1) is 18.4 Å². The molecule has 0 fully saturated rings. The molecule has 1 aliphatic carbocycles. The highest BCUT2D eigenvalue weighted by molar-refractivity contribution is 7.99. The zero-order valence-electron chi connectivity index (χ0n) is 20.5. The average molecular weight is 500 g/mol. The molecule has 5 rings (SSSR count). The first-order chi connectivity index (χ1) is 17.7. The first-order valence-corrected chi connectivity index (χ1v) is 13.2. The molecule has 184 valence electrons. The van der Waals surface area contributed by atoms with Crippen molar-refractivity contribution >= 4 is 17.7 Å². The van der Waals surface area contributed by atoms with Crippen LogP contribution in [0.25, 0.3) is 17.1 Å². The summed E-state index contributed by atoms with van der Waals surface area (Å²) < 4.78 is 7.59. The van der Waals surface area contributed by atoms with E-state index in [1.807, 2.05) is 59.8 Å². The molecular formula is C28H29N5O2S. The predicted octanol–water partition coefficient (Wildman–Crippen LogP) is 5.36. The number of carbonyl (C=O) groups excluding carboxylic acids is 1. The number of pyridine rings is 1. The maximum absolute atomic E-state index is 13.3. The molecule has 0 spiro atoms. The molecule has 7 nitrogen and oxygen atoms in total. The molecule has 1 unspecified atom stereocenters. The number of ether oxygens (including phenoxy) is 1. The van der Waals surface area contributed by atoms with Crippen LogP contribution in [0.4, 0.5) is 0 Å². The van der Waals surface area contributed by atoms with E-state index >= 15 is 0 Å². The van der Waals surface area contributed by atoms with Crippen LogP contribution in [0.2, 0.25) is 0 Å². The van der Waals surface area contributed by atoms with E-state index in [-0.39, 0.29) is 17.7 Å². The van der Waals surface area contributed by atoms with Gasteiger partial charge in [-0.25, -0.2) is 0 Å². The first-order valence-electron chi connectivity index (χ1n) is 12.2. The lowest BCUT2D eigenvalue weighted by Gasteiger charge is -2.33. The number of hydrogen-bond donors (Lipinski definition) is 0. The first kappa shape index (κ1) is 24.1. The van der Waals surface area contributed by atoms with Gasteiger partial charge in [0.15, 0.2) is 11.0 Å². The Bertz CT molecular complexity index is 1320. The number of nitrogens with zero attached hydrogens (tertiary/aromatic N) is 5. The number of aromatic nitrogens is 4. The third kappa shape index (κ3) is 4.99. The summed E-state index contributed by atoms with van der Waals surface area (Å²) in [5.41, 5.74) is 4.42. The topological polar surface area (TPSA) is 73.1 Å². The Labute approximate surface area is 215 Å². The normalized spacial score (nSPS) is 14.8. The molecule has 1 amide bonds. The van der Waals surface area contributed by atoms with Crippen LogP contribution in [0.3, 0.4) is 0 Å². The van der Waals surface area contributed by atoms with Crippen molar-refractivity contribution in [2.75, 3.05) is 19.4 Å². The van der Waals surface area contributed by atoms with Crippen LogP contribution in [0.15, 0.2) is 78.2 Å². The second kappa shape index (κ2) is 11.0. The SMILES string of the molecule is CCOc1ccc(-n2c(SCC(=O)N(C)C3CCCc4ccccc43)nnc2-c2ccncc2)cc1. The van der Waals surface area contributed by atoms with Crippen molar-refractivity contribution in [1.29, 1.82) is 0 Å². The van der Waals surface area contributed by atoms with E-state index in [1.54, 1.807) is 12.4 Å². The van der Waals surface area contributed by atoms with E-state index in [0.717, 1.165) is 36.3 Å². The second-order valence-electron chi connectivity index (χ2n) is 8.70. The van der Waals surface area contributed by atoms with Gasteiger partial charge in [0.25, 0.3) is 0 Å². The number of aryl methyl sites for hydroxylation is 1. The molecule has 4 aromatic rings. The Morgan fingerprint density at radius 3 is 2.64 bits per heavy atom. The number of rotatable bonds is 8. The van der Waals surface area contributed by atoms with Gasteiger partial charge in [-0.05, 0) is 73.7 Å². The van der Waals surface area contributed by atoms with E-state index < -0.39 is 0 Å². The molecule has 8 heteroatoms. The zero-order chi connectivity index (χ0) is 24.9. The number of hydrogen-bond acceptors (Lipinski definition) is 6. The van der Waals surface area contributed by atoms with Crippen LogP contribution in [0.1, 0.15) is 36.9 Å². The van der Waals surface area contributed by atoms with E-state index in [4.69, 9.17) is 4.74 Å². The second-order valence-corrected chi connectivity index (χ2v) is 9.65. The number of benzene rings is 2.